The van der Waals surface area contributed by atoms with Gasteiger partial charge in [0, 0.05) is 11.0 Å². The van der Waals surface area contributed by atoms with Crippen LogP contribution in [0.15, 0.2) is 22.7 Å². The summed E-state index contributed by atoms with van der Waals surface area (Å²) in [6.07, 6.45) is 0.631. The van der Waals surface area contributed by atoms with Gasteiger partial charge in [-0.3, -0.25) is 0 Å². The van der Waals surface area contributed by atoms with Gasteiger partial charge in [0.2, 0.25) is 0 Å². The highest BCUT2D eigenvalue weighted by atomic mass is 79.9. The van der Waals surface area contributed by atoms with Gasteiger partial charge in [-0.2, -0.15) is 0 Å². The fraction of sp³-hybridized carbons (Fsp3) is 0.533. The van der Waals surface area contributed by atoms with Gasteiger partial charge in [0.25, 0.3) is 0 Å². The highest BCUT2D eigenvalue weighted by Crippen LogP contribution is 2.34. The summed E-state index contributed by atoms with van der Waals surface area (Å²) in [7, 11) is 0. The number of benzene rings is 1. The molecule has 0 N–H and O–H groups in total. The molecule has 1 aromatic carbocycles. The Morgan fingerprint density at radius 3 is 2.74 bits per heavy atom. The number of nitrogens with zero attached hydrogens (tertiary/aromatic N) is 1. The lowest BCUT2D eigenvalue weighted by Gasteiger charge is -2.36. The van der Waals surface area contributed by atoms with Crippen LogP contribution >= 0.6 is 15.9 Å². The Balaban J connectivity index is 2.22. The van der Waals surface area contributed by atoms with Crippen molar-refractivity contribution >= 4 is 22.0 Å². The molecule has 1 aliphatic heterocycles. The number of amides is 1. The zero-order chi connectivity index (χ0) is 14.2. The van der Waals surface area contributed by atoms with Crippen LogP contribution in [0.5, 0.6) is 0 Å². The molecule has 0 aliphatic carbocycles. The van der Waals surface area contributed by atoms with Crippen molar-refractivity contribution in [1.29, 1.82) is 0 Å². The molecule has 1 aromatic rings. The average molecular weight is 326 g/mol. The third kappa shape index (κ3) is 3.11. The largest absolute Gasteiger partial charge is 0.444 e. The first-order valence-corrected chi connectivity index (χ1v) is 7.36. The molecule has 1 unspecified atom stereocenters. The van der Waals surface area contributed by atoms with Gasteiger partial charge in [-0.05, 0) is 51.3 Å². The molecule has 0 aromatic heterocycles. The van der Waals surface area contributed by atoms with Gasteiger partial charge in [0.1, 0.15) is 5.60 Å². The van der Waals surface area contributed by atoms with E-state index in [0.717, 1.165) is 10.9 Å². The first-order valence-electron chi connectivity index (χ1n) is 6.56. The second kappa shape index (κ2) is 5.16. The molecular formula is C15H20BrNO2. The van der Waals surface area contributed by atoms with Crippen molar-refractivity contribution in [2.24, 2.45) is 0 Å². The van der Waals surface area contributed by atoms with Crippen molar-refractivity contribution < 1.29 is 9.53 Å². The molecule has 3 nitrogen and oxygen atoms in total. The maximum absolute atomic E-state index is 12.2. The van der Waals surface area contributed by atoms with E-state index in [0.29, 0.717) is 6.54 Å². The minimum absolute atomic E-state index is 0.0519. The lowest BCUT2D eigenvalue weighted by molar-refractivity contribution is 0.0159. The first-order chi connectivity index (χ1) is 8.79. The van der Waals surface area contributed by atoms with Crippen LogP contribution in [-0.2, 0) is 11.2 Å². The number of hydrogen-bond acceptors (Lipinski definition) is 2. The molecule has 1 amide bonds. The smallest absolute Gasteiger partial charge is 0.410 e. The molecule has 0 fully saturated rings. The maximum Gasteiger partial charge on any atom is 0.410 e. The molecular weight excluding hydrogens is 306 g/mol. The number of carbonyl (C=O) groups is 1. The van der Waals surface area contributed by atoms with Crippen LogP contribution in [0.25, 0.3) is 0 Å². The Morgan fingerprint density at radius 2 is 2.11 bits per heavy atom. The van der Waals surface area contributed by atoms with Crippen LogP contribution in [0.3, 0.4) is 0 Å². The van der Waals surface area contributed by atoms with E-state index in [1.807, 2.05) is 33.8 Å². The van der Waals surface area contributed by atoms with Crippen LogP contribution < -0.4 is 0 Å². The summed E-state index contributed by atoms with van der Waals surface area (Å²) in [6.45, 7) is 8.43. The summed E-state index contributed by atoms with van der Waals surface area (Å²) in [4.78, 5) is 14.0. The molecule has 1 heterocycles. The Morgan fingerprint density at radius 1 is 1.42 bits per heavy atom. The molecule has 4 heteroatoms. The quantitative estimate of drug-likeness (QED) is 0.711. The summed E-state index contributed by atoms with van der Waals surface area (Å²) in [5, 5.41) is 0. The molecule has 1 atom stereocenters. The lowest BCUT2D eigenvalue weighted by atomic mass is 9.94. The Kier molecular flexibility index (Phi) is 3.90. The predicted octanol–water partition coefficient (Wildman–Crippen LogP) is 4.30. The van der Waals surface area contributed by atoms with Crippen LogP contribution in [0.1, 0.15) is 44.9 Å². The highest BCUT2D eigenvalue weighted by Gasteiger charge is 2.31. The number of rotatable bonds is 0. The van der Waals surface area contributed by atoms with Crippen molar-refractivity contribution in [2.45, 2.75) is 45.8 Å². The van der Waals surface area contributed by atoms with E-state index >= 15 is 0 Å². The van der Waals surface area contributed by atoms with Gasteiger partial charge < -0.3 is 9.64 Å². The average Bonchev–Trinajstić information content (AvgIpc) is 2.28. The minimum atomic E-state index is -0.450. The van der Waals surface area contributed by atoms with E-state index < -0.39 is 5.60 Å². The highest BCUT2D eigenvalue weighted by molar-refractivity contribution is 9.10. The number of carbonyl (C=O) groups excluding carboxylic acids is 1. The van der Waals surface area contributed by atoms with E-state index in [-0.39, 0.29) is 12.1 Å². The molecule has 0 radical (unpaired) electrons. The maximum atomic E-state index is 12.2. The van der Waals surface area contributed by atoms with Crippen molar-refractivity contribution in [3.8, 4) is 0 Å². The Labute approximate surface area is 123 Å². The Hall–Kier alpha value is -1.03. The molecule has 0 saturated heterocycles. The topological polar surface area (TPSA) is 29.5 Å². The van der Waals surface area contributed by atoms with Crippen LogP contribution in [0.2, 0.25) is 0 Å². The summed E-state index contributed by atoms with van der Waals surface area (Å²) < 4.78 is 6.59. The van der Waals surface area contributed by atoms with Crippen molar-refractivity contribution in [1.82, 2.24) is 4.90 Å². The van der Waals surface area contributed by atoms with Crippen molar-refractivity contribution in [3.05, 3.63) is 33.8 Å². The number of fused-ring (bicyclic) bond motifs is 1. The first kappa shape index (κ1) is 14.4. The molecule has 2 rings (SSSR count). The molecule has 1 aliphatic rings. The third-order valence-electron chi connectivity index (χ3n) is 3.30. The van der Waals surface area contributed by atoms with Crippen molar-refractivity contribution in [2.75, 3.05) is 6.54 Å². The molecule has 104 valence electrons. The third-order valence-corrected chi connectivity index (χ3v) is 4.05. The van der Waals surface area contributed by atoms with Crippen molar-refractivity contribution in [3.63, 3.8) is 0 Å². The van der Waals surface area contributed by atoms with Gasteiger partial charge in [-0.1, -0.05) is 28.1 Å². The fourth-order valence-electron chi connectivity index (χ4n) is 2.39. The van der Waals surface area contributed by atoms with Crippen LogP contribution in [-0.4, -0.2) is 23.1 Å². The molecule has 19 heavy (non-hydrogen) atoms. The van der Waals surface area contributed by atoms with Gasteiger partial charge >= 0.3 is 6.09 Å². The summed E-state index contributed by atoms with van der Waals surface area (Å²) in [5.41, 5.74) is 2.05. The van der Waals surface area contributed by atoms with Crippen LogP contribution in [0, 0.1) is 0 Å². The van der Waals surface area contributed by atoms with E-state index in [4.69, 9.17) is 4.74 Å². The zero-order valence-corrected chi connectivity index (χ0v) is 13.5. The van der Waals surface area contributed by atoms with Gasteiger partial charge in [-0.25, -0.2) is 4.79 Å². The number of ether oxygens (including phenoxy) is 1. The molecule has 0 saturated carbocycles. The summed E-state index contributed by atoms with van der Waals surface area (Å²) in [6, 6.07) is 6.20. The number of hydrogen-bond donors (Lipinski definition) is 0. The zero-order valence-electron chi connectivity index (χ0n) is 11.9. The second-order valence-electron chi connectivity index (χ2n) is 5.91. The summed E-state index contributed by atoms with van der Waals surface area (Å²) in [5.74, 6) is 0. The standard InChI is InChI=1S/C15H20BrNO2/c1-10-11-6-5-7-13(16)12(11)8-9-17(10)14(18)19-15(2,3)4/h5-7,10H,8-9H2,1-4H3. The minimum Gasteiger partial charge on any atom is -0.444 e. The van der Waals surface area contributed by atoms with E-state index in [1.165, 1.54) is 11.1 Å². The van der Waals surface area contributed by atoms with E-state index in [9.17, 15) is 4.79 Å². The van der Waals surface area contributed by atoms with Gasteiger partial charge in [0.05, 0.1) is 6.04 Å². The summed E-state index contributed by atoms with van der Waals surface area (Å²) >= 11 is 3.58. The second-order valence-corrected chi connectivity index (χ2v) is 6.76. The van der Waals surface area contributed by atoms with Gasteiger partial charge in [-0.15, -0.1) is 0 Å². The van der Waals surface area contributed by atoms with E-state index in [2.05, 4.69) is 28.1 Å². The Bertz CT molecular complexity index is 493. The normalized spacial score (nSPS) is 19.0. The predicted molar refractivity (Wildman–Crippen MR) is 79.2 cm³/mol. The van der Waals surface area contributed by atoms with E-state index in [1.54, 1.807) is 4.90 Å². The van der Waals surface area contributed by atoms with Gasteiger partial charge in [0.15, 0.2) is 0 Å². The molecule has 0 spiro atoms. The molecule has 0 bridgehead atoms. The van der Waals surface area contributed by atoms with Crippen LogP contribution in [0.4, 0.5) is 4.79 Å². The number of halogens is 1. The monoisotopic (exact) mass is 325 g/mol. The lowest BCUT2D eigenvalue weighted by Crippen LogP contribution is -2.42. The SMILES string of the molecule is CC1c2cccc(Br)c2CCN1C(=O)OC(C)(C)C. The fourth-order valence-corrected chi connectivity index (χ4v) is 2.97.